The first kappa shape index (κ1) is 7.06. The van der Waals surface area contributed by atoms with Crippen LogP contribution < -0.4 is 5.32 Å². The molecule has 2 aliphatic rings. The molecule has 1 saturated heterocycles. The predicted molar refractivity (Wildman–Crippen MR) is 42.7 cm³/mol. The maximum Gasteiger partial charge on any atom is 0.121 e. The molecule has 0 aromatic carbocycles. The van der Waals surface area contributed by atoms with Crippen molar-refractivity contribution in [1.82, 2.24) is 10.2 Å². The lowest BCUT2D eigenvalue weighted by Crippen LogP contribution is -2.44. The van der Waals surface area contributed by atoms with Crippen molar-refractivity contribution < 1.29 is 4.74 Å². The molecular formula is C7H13N3O. The quantitative estimate of drug-likeness (QED) is 0.543. The van der Waals surface area contributed by atoms with Gasteiger partial charge in [-0.05, 0) is 0 Å². The molecule has 2 aliphatic heterocycles. The molecule has 0 saturated carbocycles. The van der Waals surface area contributed by atoms with Gasteiger partial charge in [-0.15, -0.1) is 0 Å². The lowest BCUT2D eigenvalue weighted by atomic mass is 10.3. The summed E-state index contributed by atoms with van der Waals surface area (Å²) in [4.78, 5) is 6.64. The van der Waals surface area contributed by atoms with Crippen molar-refractivity contribution in [2.45, 2.75) is 6.17 Å². The fourth-order valence-corrected chi connectivity index (χ4v) is 1.45. The molecule has 1 fully saturated rings. The van der Waals surface area contributed by atoms with Gasteiger partial charge in [0.25, 0.3) is 0 Å². The van der Waals surface area contributed by atoms with Crippen LogP contribution in [-0.2, 0) is 4.74 Å². The summed E-state index contributed by atoms with van der Waals surface area (Å²) in [5.74, 6) is 0. The topological polar surface area (TPSA) is 36.9 Å². The van der Waals surface area contributed by atoms with E-state index >= 15 is 0 Å². The van der Waals surface area contributed by atoms with E-state index in [0.717, 1.165) is 32.8 Å². The Kier molecular flexibility index (Phi) is 2.05. The van der Waals surface area contributed by atoms with E-state index in [2.05, 4.69) is 15.2 Å². The number of nitrogens with one attached hydrogen (secondary N) is 1. The molecule has 0 spiro atoms. The number of ether oxygens (including phenoxy) is 1. The highest BCUT2D eigenvalue weighted by Crippen LogP contribution is 2.05. The maximum atomic E-state index is 5.25. The number of hydrogen-bond acceptors (Lipinski definition) is 4. The lowest BCUT2D eigenvalue weighted by molar-refractivity contribution is 0.0210. The molecule has 11 heavy (non-hydrogen) atoms. The molecule has 1 N–H and O–H groups in total. The summed E-state index contributed by atoms with van der Waals surface area (Å²) >= 11 is 0. The second-order valence-electron chi connectivity index (χ2n) is 2.82. The molecule has 1 unspecified atom stereocenters. The molecule has 4 nitrogen and oxygen atoms in total. The third-order valence-electron chi connectivity index (χ3n) is 2.11. The molecule has 0 bridgehead atoms. The first-order valence-electron chi connectivity index (χ1n) is 4.03. The first-order valence-corrected chi connectivity index (χ1v) is 4.03. The second-order valence-corrected chi connectivity index (χ2v) is 2.82. The largest absolute Gasteiger partial charge is 0.379 e. The van der Waals surface area contributed by atoms with Gasteiger partial charge in [0, 0.05) is 13.1 Å². The number of rotatable bonds is 1. The van der Waals surface area contributed by atoms with Crippen molar-refractivity contribution in [3.05, 3.63) is 0 Å². The highest BCUT2D eigenvalue weighted by Gasteiger charge is 2.21. The van der Waals surface area contributed by atoms with Crippen LogP contribution in [0, 0.1) is 0 Å². The number of nitrogens with zero attached hydrogens (tertiary/aromatic N) is 2. The summed E-state index contributed by atoms with van der Waals surface area (Å²) in [7, 11) is 0. The minimum absolute atomic E-state index is 0.360. The number of hydrogen-bond donors (Lipinski definition) is 1. The zero-order chi connectivity index (χ0) is 7.52. The molecule has 2 rings (SSSR count). The molecular weight excluding hydrogens is 142 g/mol. The Morgan fingerprint density at radius 1 is 1.45 bits per heavy atom. The van der Waals surface area contributed by atoms with Gasteiger partial charge in [0.05, 0.1) is 26.1 Å². The Bertz CT molecular complexity index is 154. The van der Waals surface area contributed by atoms with Gasteiger partial charge in [-0.3, -0.25) is 9.89 Å². The molecule has 62 valence electrons. The molecule has 0 amide bonds. The molecule has 0 aromatic rings. The average molecular weight is 155 g/mol. The Balaban J connectivity index is 1.87. The molecule has 2 heterocycles. The van der Waals surface area contributed by atoms with Gasteiger partial charge in [-0.1, -0.05) is 0 Å². The Morgan fingerprint density at radius 2 is 2.27 bits per heavy atom. The van der Waals surface area contributed by atoms with E-state index in [1.807, 2.05) is 0 Å². The fourth-order valence-electron chi connectivity index (χ4n) is 1.45. The first-order chi connectivity index (χ1) is 5.47. The maximum absolute atomic E-state index is 5.25. The van der Waals surface area contributed by atoms with Crippen molar-refractivity contribution in [3.8, 4) is 0 Å². The summed E-state index contributed by atoms with van der Waals surface area (Å²) in [6.45, 7) is 4.70. The van der Waals surface area contributed by atoms with Crippen LogP contribution in [0.25, 0.3) is 0 Å². The van der Waals surface area contributed by atoms with Crippen LogP contribution in [0.5, 0.6) is 0 Å². The standard InChI is InChI=1S/C7H13N3O/c1-3-11-4-2-10(1)7-5-8-6-9-7/h6-7H,1-5H2,(H,8,9). The zero-order valence-corrected chi connectivity index (χ0v) is 6.49. The van der Waals surface area contributed by atoms with Crippen LogP contribution in [0.3, 0.4) is 0 Å². The summed E-state index contributed by atoms with van der Waals surface area (Å²) < 4.78 is 5.25. The van der Waals surface area contributed by atoms with Crippen LogP contribution >= 0.6 is 0 Å². The van der Waals surface area contributed by atoms with Gasteiger partial charge in [0.1, 0.15) is 6.17 Å². The summed E-state index contributed by atoms with van der Waals surface area (Å²) in [5.41, 5.74) is 0. The Morgan fingerprint density at radius 3 is 2.91 bits per heavy atom. The van der Waals surface area contributed by atoms with Crippen molar-refractivity contribution in [2.75, 3.05) is 32.8 Å². The third kappa shape index (κ3) is 1.52. The smallest absolute Gasteiger partial charge is 0.121 e. The van der Waals surface area contributed by atoms with Gasteiger partial charge >= 0.3 is 0 Å². The fraction of sp³-hybridized carbons (Fsp3) is 0.857. The van der Waals surface area contributed by atoms with Crippen LogP contribution in [0.15, 0.2) is 4.99 Å². The predicted octanol–water partition coefficient (Wildman–Crippen LogP) is -0.724. The van der Waals surface area contributed by atoms with E-state index in [-0.39, 0.29) is 0 Å². The SMILES string of the molecule is C1=NC(N2CCOCC2)CN1. The highest BCUT2D eigenvalue weighted by molar-refractivity contribution is 5.56. The minimum atomic E-state index is 0.360. The van der Waals surface area contributed by atoms with Gasteiger partial charge in [-0.25, -0.2) is 0 Å². The Hall–Kier alpha value is -0.610. The second kappa shape index (κ2) is 3.19. The molecule has 0 aliphatic carbocycles. The lowest BCUT2D eigenvalue weighted by Gasteiger charge is -2.29. The van der Waals surface area contributed by atoms with Crippen LogP contribution in [0.1, 0.15) is 0 Å². The molecule has 0 aromatic heterocycles. The van der Waals surface area contributed by atoms with Gasteiger partial charge in [0.2, 0.25) is 0 Å². The van der Waals surface area contributed by atoms with Crippen LogP contribution in [0.4, 0.5) is 0 Å². The van der Waals surface area contributed by atoms with Crippen molar-refractivity contribution >= 4 is 6.34 Å². The molecule has 4 heteroatoms. The van der Waals surface area contributed by atoms with Crippen molar-refractivity contribution in [2.24, 2.45) is 4.99 Å². The van der Waals surface area contributed by atoms with Crippen LogP contribution in [-0.4, -0.2) is 50.3 Å². The summed E-state index contributed by atoms with van der Waals surface area (Å²) in [6.07, 6.45) is 2.15. The normalized spacial score (nSPS) is 32.2. The van der Waals surface area contributed by atoms with Gasteiger partial charge in [-0.2, -0.15) is 0 Å². The molecule has 0 radical (unpaired) electrons. The minimum Gasteiger partial charge on any atom is -0.379 e. The number of aliphatic imine (C=N–C) groups is 1. The van der Waals surface area contributed by atoms with Crippen molar-refractivity contribution in [3.63, 3.8) is 0 Å². The van der Waals surface area contributed by atoms with Crippen molar-refractivity contribution in [1.29, 1.82) is 0 Å². The summed E-state index contributed by atoms with van der Waals surface area (Å²) in [6, 6.07) is 0. The zero-order valence-electron chi connectivity index (χ0n) is 6.49. The number of morpholine rings is 1. The van der Waals surface area contributed by atoms with Crippen LogP contribution in [0.2, 0.25) is 0 Å². The van der Waals surface area contributed by atoms with E-state index in [9.17, 15) is 0 Å². The summed E-state index contributed by atoms with van der Waals surface area (Å²) in [5, 5.41) is 3.10. The van der Waals surface area contributed by atoms with Gasteiger partial charge < -0.3 is 10.1 Å². The van der Waals surface area contributed by atoms with E-state index in [4.69, 9.17) is 4.74 Å². The van der Waals surface area contributed by atoms with Gasteiger partial charge in [0.15, 0.2) is 0 Å². The van der Waals surface area contributed by atoms with E-state index in [1.165, 1.54) is 0 Å². The van der Waals surface area contributed by atoms with E-state index in [1.54, 1.807) is 6.34 Å². The van der Waals surface area contributed by atoms with E-state index in [0.29, 0.717) is 6.17 Å². The molecule has 1 atom stereocenters. The average Bonchev–Trinajstić information content (AvgIpc) is 2.58. The van der Waals surface area contributed by atoms with E-state index < -0.39 is 0 Å². The third-order valence-corrected chi connectivity index (χ3v) is 2.11. The highest BCUT2D eigenvalue weighted by atomic mass is 16.5. The Labute approximate surface area is 66.2 Å². The monoisotopic (exact) mass is 155 g/mol.